The van der Waals surface area contributed by atoms with E-state index in [4.69, 9.17) is 0 Å². The van der Waals surface area contributed by atoms with Crippen LogP contribution in [0.15, 0.2) is 24.5 Å². The van der Waals surface area contributed by atoms with Gasteiger partial charge in [-0.3, -0.25) is 4.79 Å². The van der Waals surface area contributed by atoms with Crippen molar-refractivity contribution in [2.75, 3.05) is 12.4 Å². The first kappa shape index (κ1) is 14.6. The van der Waals surface area contributed by atoms with Gasteiger partial charge in [-0.25, -0.2) is 4.79 Å². The Balaban J connectivity index is 2.20. The van der Waals surface area contributed by atoms with Crippen molar-refractivity contribution in [2.24, 2.45) is 14.1 Å². The highest BCUT2D eigenvalue weighted by Gasteiger charge is 2.15. The van der Waals surface area contributed by atoms with Crippen LogP contribution < -0.4 is 5.32 Å². The molecule has 20 heavy (non-hydrogen) atoms. The molecule has 0 unspecified atom stereocenters. The molecule has 2 rings (SSSR count). The zero-order valence-electron chi connectivity index (χ0n) is 11.3. The van der Waals surface area contributed by atoms with Gasteiger partial charge >= 0.3 is 5.97 Å². The molecule has 0 saturated carbocycles. The molecule has 0 aliphatic carbocycles. The molecular weight excluding hydrogens is 373 g/mol. The first-order chi connectivity index (χ1) is 9.42. The number of hydrogen-bond donors (Lipinski definition) is 1. The molecular formula is C13H14IN3O3. The quantitative estimate of drug-likeness (QED) is 0.648. The van der Waals surface area contributed by atoms with Gasteiger partial charge in [0.2, 0.25) is 0 Å². The lowest BCUT2D eigenvalue weighted by Crippen LogP contribution is -2.14. The van der Waals surface area contributed by atoms with Crippen molar-refractivity contribution in [3.63, 3.8) is 0 Å². The molecule has 1 amide bonds. The maximum atomic E-state index is 12.1. The van der Waals surface area contributed by atoms with Crippen LogP contribution in [0, 0.1) is 3.57 Å². The molecule has 0 fully saturated rings. The molecule has 2 heterocycles. The number of anilines is 1. The minimum atomic E-state index is -0.443. The Kier molecular flexibility index (Phi) is 4.17. The van der Waals surface area contributed by atoms with Crippen LogP contribution in [0.25, 0.3) is 0 Å². The van der Waals surface area contributed by atoms with E-state index in [-0.39, 0.29) is 5.91 Å². The van der Waals surface area contributed by atoms with Gasteiger partial charge in [0.25, 0.3) is 5.91 Å². The maximum Gasteiger partial charge on any atom is 0.354 e. The number of carbonyl (C=O) groups is 2. The lowest BCUT2D eigenvalue weighted by Gasteiger charge is -2.03. The van der Waals surface area contributed by atoms with Crippen molar-refractivity contribution in [2.45, 2.75) is 0 Å². The molecule has 0 atom stereocenters. The molecule has 6 nitrogen and oxygen atoms in total. The maximum absolute atomic E-state index is 12.1. The fourth-order valence-corrected chi connectivity index (χ4v) is 2.60. The molecule has 7 heteroatoms. The average molecular weight is 387 g/mol. The highest BCUT2D eigenvalue weighted by molar-refractivity contribution is 14.1. The number of ether oxygens (including phenoxy) is 1. The summed E-state index contributed by atoms with van der Waals surface area (Å²) in [6, 6.07) is 3.37. The first-order valence-corrected chi connectivity index (χ1v) is 6.88. The van der Waals surface area contributed by atoms with Gasteiger partial charge in [0.05, 0.1) is 12.8 Å². The predicted octanol–water partition coefficient (Wildman–Crippen LogP) is 2.01. The van der Waals surface area contributed by atoms with E-state index in [2.05, 4.69) is 32.6 Å². The summed E-state index contributed by atoms with van der Waals surface area (Å²) in [7, 11) is 4.84. The summed E-state index contributed by atoms with van der Waals surface area (Å²) in [5, 5.41) is 2.76. The van der Waals surface area contributed by atoms with Gasteiger partial charge in [-0.2, -0.15) is 0 Å². The summed E-state index contributed by atoms with van der Waals surface area (Å²) in [5.74, 6) is -0.668. The summed E-state index contributed by atoms with van der Waals surface area (Å²) in [5.41, 5.74) is 1.48. The van der Waals surface area contributed by atoms with Crippen LogP contribution in [0.4, 0.5) is 5.69 Å². The van der Waals surface area contributed by atoms with Crippen LogP contribution in [-0.4, -0.2) is 28.1 Å². The summed E-state index contributed by atoms with van der Waals surface area (Å²) in [6.45, 7) is 0. The number of halogens is 1. The van der Waals surface area contributed by atoms with Crippen molar-refractivity contribution in [3.05, 3.63) is 39.5 Å². The smallest absolute Gasteiger partial charge is 0.354 e. The van der Waals surface area contributed by atoms with E-state index in [1.165, 1.54) is 7.11 Å². The normalized spacial score (nSPS) is 10.4. The highest BCUT2D eigenvalue weighted by Crippen LogP contribution is 2.16. The molecule has 106 valence electrons. The van der Waals surface area contributed by atoms with Gasteiger partial charge in [-0.05, 0) is 34.7 Å². The number of nitrogens with zero attached hydrogens (tertiary/aromatic N) is 2. The predicted molar refractivity (Wildman–Crippen MR) is 82.8 cm³/mol. The fourth-order valence-electron chi connectivity index (χ4n) is 1.89. The van der Waals surface area contributed by atoms with Crippen LogP contribution in [0.5, 0.6) is 0 Å². The SMILES string of the molecule is COC(=O)c1cc(NC(=O)c2cc(I)cn2C)cn1C. The molecule has 0 saturated heterocycles. The average Bonchev–Trinajstić information content (AvgIpc) is 2.91. The van der Waals surface area contributed by atoms with Crippen molar-refractivity contribution in [1.82, 2.24) is 9.13 Å². The Labute approximate surface area is 129 Å². The van der Waals surface area contributed by atoms with Gasteiger partial charge in [0.1, 0.15) is 11.4 Å². The van der Waals surface area contributed by atoms with E-state index in [0.29, 0.717) is 17.1 Å². The van der Waals surface area contributed by atoms with E-state index in [1.807, 2.05) is 13.2 Å². The minimum absolute atomic E-state index is 0.225. The summed E-state index contributed by atoms with van der Waals surface area (Å²) in [4.78, 5) is 23.6. The van der Waals surface area contributed by atoms with E-state index in [1.54, 1.807) is 34.5 Å². The third-order valence-electron chi connectivity index (χ3n) is 2.86. The number of aromatic nitrogens is 2. The van der Waals surface area contributed by atoms with E-state index >= 15 is 0 Å². The number of amides is 1. The van der Waals surface area contributed by atoms with Gasteiger partial charge < -0.3 is 19.2 Å². The van der Waals surface area contributed by atoms with Crippen LogP contribution in [-0.2, 0) is 18.8 Å². The summed E-state index contributed by atoms with van der Waals surface area (Å²) < 4.78 is 9.01. The Morgan fingerprint density at radius 2 is 1.80 bits per heavy atom. The van der Waals surface area contributed by atoms with Crippen LogP contribution >= 0.6 is 22.6 Å². The van der Waals surface area contributed by atoms with E-state index in [0.717, 1.165) is 3.57 Å². The number of carbonyl (C=O) groups excluding carboxylic acids is 2. The third kappa shape index (κ3) is 2.87. The van der Waals surface area contributed by atoms with Crippen molar-refractivity contribution >= 4 is 40.2 Å². The van der Waals surface area contributed by atoms with Crippen molar-refractivity contribution in [3.8, 4) is 0 Å². The van der Waals surface area contributed by atoms with Crippen LogP contribution in [0.1, 0.15) is 21.0 Å². The molecule has 0 aliphatic heterocycles. The Morgan fingerprint density at radius 1 is 1.15 bits per heavy atom. The van der Waals surface area contributed by atoms with Crippen LogP contribution in [0.3, 0.4) is 0 Å². The third-order valence-corrected chi connectivity index (χ3v) is 3.45. The number of nitrogens with one attached hydrogen (secondary N) is 1. The van der Waals surface area contributed by atoms with Crippen LogP contribution in [0.2, 0.25) is 0 Å². The standard InChI is InChI=1S/C13H14IN3O3/c1-16-6-8(14)4-10(16)12(18)15-9-5-11(13(19)20-3)17(2)7-9/h4-7H,1-3H3,(H,15,18). The van der Waals surface area contributed by atoms with Gasteiger partial charge in [0, 0.05) is 30.1 Å². The summed E-state index contributed by atoms with van der Waals surface area (Å²) >= 11 is 2.15. The number of rotatable bonds is 3. The number of methoxy groups -OCH3 is 1. The lowest BCUT2D eigenvalue weighted by atomic mass is 10.3. The van der Waals surface area contributed by atoms with Crippen molar-refractivity contribution < 1.29 is 14.3 Å². The van der Waals surface area contributed by atoms with Gasteiger partial charge in [0.15, 0.2) is 0 Å². The van der Waals surface area contributed by atoms with Gasteiger partial charge in [-0.1, -0.05) is 0 Å². The first-order valence-electron chi connectivity index (χ1n) is 5.80. The second-order valence-electron chi connectivity index (χ2n) is 4.33. The number of hydrogen-bond acceptors (Lipinski definition) is 3. The Bertz CT molecular complexity index is 672. The topological polar surface area (TPSA) is 65.3 Å². The molecule has 2 aromatic heterocycles. The largest absolute Gasteiger partial charge is 0.464 e. The lowest BCUT2D eigenvalue weighted by molar-refractivity contribution is 0.0590. The Morgan fingerprint density at radius 3 is 2.35 bits per heavy atom. The second kappa shape index (κ2) is 5.70. The molecule has 0 bridgehead atoms. The molecule has 0 aliphatic rings. The molecule has 1 N–H and O–H groups in total. The molecule has 0 spiro atoms. The van der Waals surface area contributed by atoms with E-state index < -0.39 is 5.97 Å². The van der Waals surface area contributed by atoms with E-state index in [9.17, 15) is 9.59 Å². The van der Waals surface area contributed by atoms with Gasteiger partial charge in [-0.15, -0.1) is 0 Å². The highest BCUT2D eigenvalue weighted by atomic mass is 127. The number of esters is 1. The minimum Gasteiger partial charge on any atom is -0.464 e. The molecule has 0 radical (unpaired) electrons. The monoisotopic (exact) mass is 387 g/mol. The Hall–Kier alpha value is -1.77. The zero-order chi connectivity index (χ0) is 14.9. The number of aryl methyl sites for hydroxylation is 2. The zero-order valence-corrected chi connectivity index (χ0v) is 13.5. The second-order valence-corrected chi connectivity index (χ2v) is 5.57. The molecule has 0 aromatic carbocycles. The summed E-state index contributed by atoms with van der Waals surface area (Å²) in [6.07, 6.45) is 3.53. The van der Waals surface area contributed by atoms with Crippen molar-refractivity contribution in [1.29, 1.82) is 0 Å². The fraction of sp³-hybridized carbons (Fsp3) is 0.231. The molecule has 2 aromatic rings.